The van der Waals surface area contributed by atoms with E-state index >= 15 is 0 Å². The number of carbonyl (C=O) groups is 2. The van der Waals surface area contributed by atoms with Gasteiger partial charge in [0.05, 0.1) is 28.5 Å². The molecule has 0 radical (unpaired) electrons. The number of ether oxygens (including phenoxy) is 1. The Hall–Kier alpha value is -5.24. The largest absolute Gasteiger partial charge is 0.462 e. The van der Waals surface area contributed by atoms with Crippen molar-refractivity contribution < 1.29 is 23.7 Å². The fourth-order valence-corrected chi connectivity index (χ4v) is 4.16. The van der Waals surface area contributed by atoms with E-state index in [9.17, 15) is 19.7 Å². The van der Waals surface area contributed by atoms with Gasteiger partial charge in [-0.3, -0.25) is 19.8 Å². The first-order chi connectivity index (χ1) is 18.4. The third-order valence-corrected chi connectivity index (χ3v) is 5.96. The average Bonchev–Trinajstić information content (AvgIpc) is 3.54. The first kappa shape index (κ1) is 24.5. The molecule has 1 aliphatic heterocycles. The van der Waals surface area contributed by atoms with Crippen LogP contribution in [-0.2, 0) is 9.53 Å². The first-order valence-corrected chi connectivity index (χ1v) is 11.9. The average molecular weight is 507 g/mol. The fraction of sp³-hybridized carbons (Fsp3) is 0.0667. The molecule has 1 amide bonds. The molecule has 5 rings (SSSR count). The van der Waals surface area contributed by atoms with Crippen LogP contribution in [0.3, 0.4) is 0 Å². The number of rotatable bonds is 7. The van der Waals surface area contributed by atoms with Crippen molar-refractivity contribution in [2.45, 2.75) is 6.92 Å². The highest BCUT2D eigenvalue weighted by atomic mass is 16.6. The van der Waals surface area contributed by atoms with Crippen LogP contribution in [0, 0.1) is 10.1 Å². The summed E-state index contributed by atoms with van der Waals surface area (Å²) in [6.45, 7) is 2.05. The number of amides is 1. The number of furan rings is 1. The van der Waals surface area contributed by atoms with Gasteiger partial charge in [0.15, 0.2) is 0 Å². The van der Waals surface area contributed by atoms with E-state index in [2.05, 4.69) is 0 Å². The highest BCUT2D eigenvalue weighted by Gasteiger charge is 2.31. The summed E-state index contributed by atoms with van der Waals surface area (Å²) in [5, 5.41) is 11.3. The van der Waals surface area contributed by atoms with Crippen molar-refractivity contribution in [3.05, 3.63) is 130 Å². The van der Waals surface area contributed by atoms with Gasteiger partial charge in [-0.1, -0.05) is 48.5 Å². The Bertz CT molecular complexity index is 1580. The van der Waals surface area contributed by atoms with Crippen LogP contribution in [0.1, 0.15) is 28.6 Å². The molecule has 1 aliphatic rings. The number of nitrogens with zero attached hydrogens (tertiary/aromatic N) is 2. The summed E-state index contributed by atoms with van der Waals surface area (Å²) in [5.74, 6) is 0.307. The lowest BCUT2D eigenvalue weighted by Gasteiger charge is -2.20. The normalized spacial score (nSPS) is 14.0. The van der Waals surface area contributed by atoms with Crippen LogP contribution in [0.5, 0.6) is 0 Å². The number of hydrogen-bond acceptors (Lipinski definition) is 6. The molecule has 4 aromatic rings. The molecule has 0 fully saturated rings. The number of nitro groups is 1. The molecule has 0 aliphatic carbocycles. The highest BCUT2D eigenvalue weighted by Crippen LogP contribution is 2.37. The van der Waals surface area contributed by atoms with Crippen LogP contribution in [0.2, 0.25) is 0 Å². The molecule has 3 aromatic carbocycles. The zero-order chi connectivity index (χ0) is 26.6. The van der Waals surface area contributed by atoms with Crippen molar-refractivity contribution in [1.29, 1.82) is 0 Å². The predicted octanol–water partition coefficient (Wildman–Crippen LogP) is 6.50. The number of benzene rings is 3. The Morgan fingerprint density at radius 2 is 1.74 bits per heavy atom. The molecule has 1 aromatic heterocycles. The molecule has 0 unspecified atom stereocenters. The van der Waals surface area contributed by atoms with Crippen molar-refractivity contribution >= 4 is 35.0 Å². The van der Waals surface area contributed by atoms with Gasteiger partial charge >= 0.3 is 5.97 Å². The minimum Gasteiger partial charge on any atom is -0.462 e. The van der Waals surface area contributed by atoms with Gasteiger partial charge in [-0.15, -0.1) is 0 Å². The summed E-state index contributed by atoms with van der Waals surface area (Å²) in [5.41, 5.74) is 3.25. The molecule has 0 bridgehead atoms. The summed E-state index contributed by atoms with van der Waals surface area (Å²) in [7, 11) is 0. The monoisotopic (exact) mass is 506 g/mol. The van der Waals surface area contributed by atoms with Crippen LogP contribution >= 0.6 is 0 Å². The van der Waals surface area contributed by atoms with Crippen LogP contribution in [0.15, 0.2) is 107 Å². The topological polar surface area (TPSA) is 103 Å². The summed E-state index contributed by atoms with van der Waals surface area (Å²) < 4.78 is 11.0. The lowest BCUT2D eigenvalue weighted by Crippen LogP contribution is -2.25. The molecule has 0 spiro atoms. The molecule has 0 atom stereocenters. The van der Waals surface area contributed by atoms with Gasteiger partial charge in [-0.25, -0.2) is 4.79 Å². The summed E-state index contributed by atoms with van der Waals surface area (Å²) >= 11 is 0. The fourth-order valence-electron chi connectivity index (χ4n) is 4.16. The molecule has 0 saturated carbocycles. The number of anilines is 1. The first-order valence-electron chi connectivity index (χ1n) is 11.9. The Morgan fingerprint density at radius 1 is 0.974 bits per heavy atom. The van der Waals surface area contributed by atoms with E-state index in [1.54, 1.807) is 67.6 Å². The lowest BCUT2D eigenvalue weighted by molar-refractivity contribution is -0.384. The van der Waals surface area contributed by atoms with Gasteiger partial charge in [0.2, 0.25) is 0 Å². The third-order valence-electron chi connectivity index (χ3n) is 5.96. The Labute approximate surface area is 218 Å². The van der Waals surface area contributed by atoms with Crippen LogP contribution in [0.25, 0.3) is 23.1 Å². The van der Waals surface area contributed by atoms with E-state index in [1.807, 2.05) is 30.3 Å². The Kier molecular flexibility index (Phi) is 6.69. The minimum absolute atomic E-state index is 0.107. The second-order valence-electron chi connectivity index (χ2n) is 8.41. The molecule has 8 heteroatoms. The van der Waals surface area contributed by atoms with E-state index in [4.69, 9.17) is 9.15 Å². The second kappa shape index (κ2) is 10.4. The molecule has 8 nitrogen and oxygen atoms in total. The van der Waals surface area contributed by atoms with Gasteiger partial charge in [-0.2, -0.15) is 0 Å². The van der Waals surface area contributed by atoms with Crippen LogP contribution in [-0.4, -0.2) is 23.4 Å². The molecule has 188 valence electrons. The van der Waals surface area contributed by atoms with Crippen molar-refractivity contribution in [1.82, 2.24) is 0 Å². The van der Waals surface area contributed by atoms with Gasteiger partial charge in [0.25, 0.3) is 11.6 Å². The quantitative estimate of drug-likeness (QED) is 0.123. The molecule has 2 heterocycles. The molecule has 38 heavy (non-hydrogen) atoms. The maximum Gasteiger partial charge on any atom is 0.338 e. The van der Waals surface area contributed by atoms with E-state index in [0.29, 0.717) is 40.6 Å². The van der Waals surface area contributed by atoms with E-state index in [0.717, 1.165) is 11.1 Å². The van der Waals surface area contributed by atoms with Crippen molar-refractivity contribution in [3.63, 3.8) is 0 Å². The molecule has 0 N–H and O–H groups in total. The summed E-state index contributed by atoms with van der Waals surface area (Å²) in [6, 6.07) is 25.7. The highest BCUT2D eigenvalue weighted by molar-refractivity contribution is 6.23. The molecular weight excluding hydrogens is 484 g/mol. The lowest BCUT2D eigenvalue weighted by atomic mass is 10.1. The minimum atomic E-state index is -0.490. The number of carbonyl (C=O) groups excluding carboxylic acids is 2. The number of non-ortho nitro benzene ring substituents is 1. The standard InChI is InChI=1S/C30H22N2O6/c1-2-37-30(34)22-13-11-21(12-14-22)28-16-15-26(38-28)17-23-18-27(20-7-4-3-5-8-20)31(29(23)33)24-9-6-10-25(19-24)32(35)36/h3-19H,2H2,1H3. The number of hydrogen-bond donors (Lipinski definition) is 0. The number of nitro benzene ring substituents is 1. The van der Waals surface area contributed by atoms with E-state index in [-0.39, 0.29) is 11.6 Å². The zero-order valence-corrected chi connectivity index (χ0v) is 20.4. The van der Waals surface area contributed by atoms with Gasteiger partial charge in [0.1, 0.15) is 11.5 Å². The van der Waals surface area contributed by atoms with Gasteiger partial charge in [0, 0.05) is 23.3 Å². The van der Waals surface area contributed by atoms with Crippen LogP contribution in [0.4, 0.5) is 11.4 Å². The van der Waals surface area contributed by atoms with E-state index < -0.39 is 10.9 Å². The van der Waals surface area contributed by atoms with Crippen molar-refractivity contribution in [2.75, 3.05) is 11.5 Å². The van der Waals surface area contributed by atoms with Crippen molar-refractivity contribution in [2.24, 2.45) is 0 Å². The maximum atomic E-state index is 13.6. The van der Waals surface area contributed by atoms with Gasteiger partial charge < -0.3 is 9.15 Å². The van der Waals surface area contributed by atoms with Crippen LogP contribution < -0.4 is 4.90 Å². The third kappa shape index (κ3) is 4.87. The Balaban J connectivity index is 1.48. The second-order valence-corrected chi connectivity index (χ2v) is 8.41. The molecule has 0 saturated heterocycles. The predicted molar refractivity (Wildman–Crippen MR) is 143 cm³/mol. The van der Waals surface area contributed by atoms with Gasteiger partial charge in [-0.05, 0) is 55.0 Å². The summed E-state index contributed by atoms with van der Waals surface area (Å²) in [4.78, 5) is 37.8. The number of esters is 1. The van der Waals surface area contributed by atoms with E-state index in [1.165, 1.54) is 17.0 Å². The Morgan fingerprint density at radius 3 is 2.45 bits per heavy atom. The summed E-state index contributed by atoms with van der Waals surface area (Å²) in [6.07, 6.45) is 3.38. The smallest absolute Gasteiger partial charge is 0.338 e. The SMILES string of the molecule is CCOC(=O)c1ccc(-c2ccc(C=C3C=C(c4ccccc4)N(c4cccc([N+](=O)[O-])c4)C3=O)o2)cc1. The molecular formula is C30H22N2O6. The van der Waals surface area contributed by atoms with Crippen molar-refractivity contribution in [3.8, 4) is 11.3 Å². The zero-order valence-electron chi connectivity index (χ0n) is 20.4. The maximum absolute atomic E-state index is 13.6.